The number of aromatic nitrogens is 4. The van der Waals surface area contributed by atoms with Crippen molar-refractivity contribution in [3.63, 3.8) is 0 Å². The number of amides is 1. The van der Waals surface area contributed by atoms with Crippen molar-refractivity contribution < 1.29 is 13.6 Å². The molecule has 1 fully saturated rings. The first-order valence-corrected chi connectivity index (χ1v) is 12.2. The van der Waals surface area contributed by atoms with E-state index in [4.69, 9.17) is 4.42 Å². The quantitative estimate of drug-likeness (QED) is 0.331. The number of nitrogens with one attached hydrogen (secondary N) is 1. The van der Waals surface area contributed by atoms with Crippen LogP contribution in [0.25, 0.3) is 12.2 Å². The monoisotopic (exact) mass is 477 g/mol. The maximum atomic E-state index is 13.4. The Balaban J connectivity index is 1.24. The van der Waals surface area contributed by atoms with Crippen molar-refractivity contribution >= 4 is 34.5 Å². The summed E-state index contributed by atoms with van der Waals surface area (Å²) in [7, 11) is 0. The lowest BCUT2D eigenvalue weighted by atomic mass is 9.87. The SMILES string of the molecule is O=C(Nc1nc(C=Cc2ncoc2C2CCCCC2)cs1)c1cccn1Cc1ccnc(F)c1. The molecule has 9 heteroatoms. The highest BCUT2D eigenvalue weighted by Crippen LogP contribution is 2.34. The molecule has 5 rings (SSSR count). The van der Waals surface area contributed by atoms with E-state index in [9.17, 15) is 9.18 Å². The first-order chi connectivity index (χ1) is 16.7. The van der Waals surface area contributed by atoms with Gasteiger partial charge >= 0.3 is 0 Å². The molecule has 0 atom stereocenters. The van der Waals surface area contributed by atoms with E-state index >= 15 is 0 Å². The molecule has 0 radical (unpaired) electrons. The maximum absolute atomic E-state index is 13.4. The number of hydrogen-bond acceptors (Lipinski definition) is 6. The van der Waals surface area contributed by atoms with Gasteiger partial charge in [-0.25, -0.2) is 15.0 Å². The molecule has 0 unspecified atom stereocenters. The van der Waals surface area contributed by atoms with Gasteiger partial charge in [0.25, 0.3) is 5.91 Å². The molecule has 4 aromatic rings. The fourth-order valence-electron chi connectivity index (χ4n) is 4.30. The van der Waals surface area contributed by atoms with Crippen molar-refractivity contribution in [1.29, 1.82) is 0 Å². The lowest BCUT2D eigenvalue weighted by Crippen LogP contribution is -2.17. The minimum absolute atomic E-state index is 0.277. The molecule has 1 N–H and O–H groups in total. The second kappa shape index (κ2) is 10.1. The molecule has 4 aromatic heterocycles. The van der Waals surface area contributed by atoms with Crippen LogP contribution in [0, 0.1) is 5.95 Å². The Bertz CT molecular complexity index is 1300. The summed E-state index contributed by atoms with van der Waals surface area (Å²) in [6.45, 7) is 0.363. The molecule has 0 aromatic carbocycles. The zero-order valence-corrected chi connectivity index (χ0v) is 19.3. The van der Waals surface area contributed by atoms with E-state index in [1.54, 1.807) is 29.0 Å². The van der Waals surface area contributed by atoms with Gasteiger partial charge in [-0.05, 0) is 54.8 Å². The first-order valence-electron chi connectivity index (χ1n) is 11.3. The molecule has 0 bridgehead atoms. The van der Waals surface area contributed by atoms with E-state index in [1.165, 1.54) is 49.3 Å². The van der Waals surface area contributed by atoms with E-state index in [-0.39, 0.29) is 5.91 Å². The number of oxazole rings is 1. The summed E-state index contributed by atoms with van der Waals surface area (Å²) in [5.41, 5.74) is 2.76. The van der Waals surface area contributed by atoms with Crippen LogP contribution in [0.4, 0.5) is 9.52 Å². The summed E-state index contributed by atoms with van der Waals surface area (Å²) in [6, 6.07) is 6.58. The second-order valence-corrected chi connectivity index (χ2v) is 9.17. The van der Waals surface area contributed by atoms with Crippen LogP contribution in [0.1, 0.15) is 71.2 Å². The van der Waals surface area contributed by atoms with Crippen LogP contribution in [-0.4, -0.2) is 25.4 Å². The predicted octanol–water partition coefficient (Wildman–Crippen LogP) is 5.99. The van der Waals surface area contributed by atoms with Gasteiger partial charge in [0, 0.05) is 30.2 Å². The van der Waals surface area contributed by atoms with Gasteiger partial charge in [0.05, 0.1) is 5.69 Å². The van der Waals surface area contributed by atoms with Gasteiger partial charge in [0.15, 0.2) is 11.5 Å². The molecule has 1 amide bonds. The number of rotatable bonds is 7. The molecular formula is C25H24FN5O2S. The largest absolute Gasteiger partial charge is 0.448 e. The van der Waals surface area contributed by atoms with Crippen molar-refractivity contribution in [1.82, 2.24) is 19.5 Å². The van der Waals surface area contributed by atoms with E-state index < -0.39 is 5.95 Å². The lowest BCUT2D eigenvalue weighted by molar-refractivity contribution is 0.101. The summed E-state index contributed by atoms with van der Waals surface area (Å²) >= 11 is 1.35. The Hall–Kier alpha value is -3.59. The van der Waals surface area contributed by atoms with Gasteiger partial charge in [-0.1, -0.05) is 19.3 Å². The van der Waals surface area contributed by atoms with Gasteiger partial charge in [0.1, 0.15) is 17.1 Å². The Morgan fingerprint density at radius 2 is 2.12 bits per heavy atom. The fraction of sp³-hybridized carbons (Fsp3) is 0.280. The zero-order valence-electron chi connectivity index (χ0n) is 18.5. The number of hydrogen-bond donors (Lipinski definition) is 1. The van der Waals surface area contributed by atoms with Crippen molar-refractivity contribution in [2.24, 2.45) is 0 Å². The average Bonchev–Trinajstić information content (AvgIpc) is 3.59. The number of pyridine rings is 1. The number of nitrogens with zero attached hydrogens (tertiary/aromatic N) is 4. The van der Waals surface area contributed by atoms with Gasteiger partial charge in [-0.15, -0.1) is 11.3 Å². The summed E-state index contributed by atoms with van der Waals surface area (Å²) in [6.07, 6.45) is 14.5. The maximum Gasteiger partial charge on any atom is 0.274 e. The Labute approximate surface area is 200 Å². The van der Waals surface area contributed by atoms with Crippen LogP contribution in [0.5, 0.6) is 0 Å². The van der Waals surface area contributed by atoms with Gasteiger partial charge in [-0.3, -0.25) is 10.1 Å². The first kappa shape index (κ1) is 22.2. The molecule has 34 heavy (non-hydrogen) atoms. The van der Waals surface area contributed by atoms with Gasteiger partial charge < -0.3 is 8.98 Å². The Morgan fingerprint density at radius 1 is 1.24 bits per heavy atom. The van der Waals surface area contributed by atoms with Crippen molar-refractivity contribution in [2.75, 3.05) is 5.32 Å². The Morgan fingerprint density at radius 3 is 2.97 bits per heavy atom. The van der Waals surface area contributed by atoms with Crippen LogP contribution in [0.2, 0.25) is 0 Å². The van der Waals surface area contributed by atoms with Crippen LogP contribution in [0.15, 0.2) is 52.9 Å². The fourth-order valence-corrected chi connectivity index (χ4v) is 4.97. The predicted molar refractivity (Wildman–Crippen MR) is 129 cm³/mol. The van der Waals surface area contributed by atoms with E-state index in [2.05, 4.69) is 20.3 Å². The molecule has 174 valence electrons. The van der Waals surface area contributed by atoms with Crippen LogP contribution in [0.3, 0.4) is 0 Å². The summed E-state index contributed by atoms with van der Waals surface area (Å²) in [5.74, 6) is 0.562. The average molecular weight is 478 g/mol. The number of carbonyl (C=O) groups excluding carboxylic acids is 1. The van der Waals surface area contributed by atoms with E-state index in [0.717, 1.165) is 35.6 Å². The molecular weight excluding hydrogens is 453 g/mol. The summed E-state index contributed by atoms with van der Waals surface area (Å²) < 4.78 is 20.8. The van der Waals surface area contributed by atoms with Crippen LogP contribution in [-0.2, 0) is 6.54 Å². The number of anilines is 1. The van der Waals surface area contributed by atoms with Crippen LogP contribution < -0.4 is 5.32 Å². The smallest absolute Gasteiger partial charge is 0.274 e. The van der Waals surface area contributed by atoms with Crippen LogP contribution >= 0.6 is 11.3 Å². The topological polar surface area (TPSA) is 85.8 Å². The number of thiazole rings is 1. The third-order valence-electron chi connectivity index (χ3n) is 5.96. The zero-order chi connectivity index (χ0) is 23.3. The minimum atomic E-state index is -0.546. The Kier molecular flexibility index (Phi) is 6.62. The third kappa shape index (κ3) is 5.14. The van der Waals surface area contributed by atoms with Crippen molar-refractivity contribution in [3.8, 4) is 0 Å². The second-order valence-electron chi connectivity index (χ2n) is 8.31. The van der Waals surface area contributed by atoms with E-state index in [0.29, 0.717) is 23.3 Å². The normalized spacial score (nSPS) is 14.6. The van der Waals surface area contributed by atoms with Crippen molar-refractivity contribution in [3.05, 3.63) is 82.8 Å². The summed E-state index contributed by atoms with van der Waals surface area (Å²) in [5, 5.41) is 5.23. The molecule has 1 saturated carbocycles. The molecule has 4 heterocycles. The van der Waals surface area contributed by atoms with Gasteiger partial charge in [0.2, 0.25) is 5.95 Å². The third-order valence-corrected chi connectivity index (χ3v) is 6.74. The van der Waals surface area contributed by atoms with Crippen molar-refractivity contribution in [2.45, 2.75) is 44.6 Å². The highest BCUT2D eigenvalue weighted by atomic mass is 32.1. The highest BCUT2D eigenvalue weighted by molar-refractivity contribution is 7.14. The minimum Gasteiger partial charge on any atom is -0.448 e. The molecule has 7 nitrogen and oxygen atoms in total. The lowest BCUT2D eigenvalue weighted by Gasteiger charge is -2.19. The van der Waals surface area contributed by atoms with Gasteiger partial charge in [-0.2, -0.15) is 4.39 Å². The summed E-state index contributed by atoms with van der Waals surface area (Å²) in [4.78, 5) is 25.3. The molecule has 0 spiro atoms. The van der Waals surface area contributed by atoms with E-state index in [1.807, 2.05) is 17.5 Å². The molecule has 1 aliphatic rings. The molecule has 1 aliphatic carbocycles. The number of carbonyl (C=O) groups is 1. The molecule has 0 aliphatic heterocycles. The number of halogens is 1. The highest BCUT2D eigenvalue weighted by Gasteiger charge is 2.21. The standard InChI is InChI=1S/C25H24FN5O2S/c26-22-13-17(10-11-27-22)14-31-12-4-7-21(31)24(32)30-25-29-19(15-34-25)8-9-20-23(33-16-28-20)18-5-2-1-3-6-18/h4,7-13,15-16,18H,1-3,5-6,14H2,(H,29,30,32). The molecule has 0 saturated heterocycles.